The molecule has 1 N–H and O–H groups in total. The molecule has 0 unspecified atom stereocenters. The van der Waals surface area contributed by atoms with Crippen molar-refractivity contribution in [3.63, 3.8) is 0 Å². The topological polar surface area (TPSA) is 57.3 Å². The van der Waals surface area contributed by atoms with Crippen LogP contribution in [0.1, 0.15) is 5.56 Å². The Kier molecular flexibility index (Phi) is 1.88. The molecule has 0 atom stereocenters. The van der Waals surface area contributed by atoms with E-state index in [-0.39, 0.29) is 5.75 Å². The smallest absolute Gasteiger partial charge is 0.176 e. The van der Waals surface area contributed by atoms with E-state index in [1.54, 1.807) is 24.3 Å². The molecule has 2 rings (SSSR count). The van der Waals surface area contributed by atoms with Gasteiger partial charge in [0.05, 0.1) is 0 Å². The summed E-state index contributed by atoms with van der Waals surface area (Å²) in [5.74, 6) is 0.716. The molecule has 64 valence electrons. The van der Waals surface area contributed by atoms with Crippen molar-refractivity contribution in [2.45, 2.75) is 0 Å². The summed E-state index contributed by atoms with van der Waals surface area (Å²) in [4.78, 5) is 3.86. The van der Waals surface area contributed by atoms with Crippen LogP contribution in [0.4, 0.5) is 0 Å². The number of phenols is 1. The maximum atomic E-state index is 9.40. The van der Waals surface area contributed by atoms with Crippen LogP contribution in [-0.2, 0) is 0 Å². The predicted molar refractivity (Wildman–Crippen MR) is 49.4 cm³/mol. The van der Waals surface area contributed by atoms with E-state index < -0.39 is 0 Å². The molecule has 0 spiro atoms. The van der Waals surface area contributed by atoms with Crippen LogP contribution in [0.5, 0.6) is 5.75 Å². The molecule has 1 heterocycles. The molecule has 0 saturated heterocycles. The predicted octanol–water partition coefficient (Wildman–Crippen LogP) is 2.18. The second-order valence-electron chi connectivity index (χ2n) is 2.52. The minimum absolute atomic E-state index is 0.215. The Hall–Kier alpha value is -1.97. The molecule has 1 aromatic rings. The highest BCUT2D eigenvalue weighted by Crippen LogP contribution is 2.20. The third kappa shape index (κ3) is 1.61. The van der Waals surface area contributed by atoms with E-state index in [4.69, 9.17) is 0 Å². The van der Waals surface area contributed by atoms with Gasteiger partial charge >= 0.3 is 0 Å². The molecule has 1 aliphatic rings. The highest BCUT2D eigenvalue weighted by Gasteiger charge is 2.00. The van der Waals surface area contributed by atoms with Crippen molar-refractivity contribution >= 4 is 12.4 Å². The Morgan fingerprint density at radius 1 is 1.23 bits per heavy atom. The fourth-order valence-corrected chi connectivity index (χ4v) is 1.01. The maximum Gasteiger partial charge on any atom is 0.176 e. The van der Waals surface area contributed by atoms with Crippen LogP contribution in [0.25, 0.3) is 6.08 Å². The van der Waals surface area contributed by atoms with E-state index in [9.17, 15) is 5.11 Å². The number of aliphatic imine (C=N–C) groups is 1. The molecule has 0 aliphatic carbocycles. The lowest BCUT2D eigenvalue weighted by molar-refractivity contribution is 0.474. The van der Waals surface area contributed by atoms with E-state index in [2.05, 4.69) is 15.2 Å². The lowest BCUT2D eigenvalue weighted by atomic mass is 10.2. The summed E-state index contributed by atoms with van der Waals surface area (Å²) in [6.07, 6.45) is 3.04. The van der Waals surface area contributed by atoms with E-state index in [1.807, 2.05) is 6.07 Å². The summed E-state index contributed by atoms with van der Waals surface area (Å²) in [6.45, 7) is 0. The number of para-hydroxylation sites is 1. The summed E-state index contributed by atoms with van der Waals surface area (Å²) in [7, 11) is 0. The molecule has 4 heteroatoms. The number of azo groups is 1. The number of benzene rings is 1. The van der Waals surface area contributed by atoms with Gasteiger partial charge in [0.1, 0.15) is 12.1 Å². The molecule has 0 saturated carbocycles. The van der Waals surface area contributed by atoms with Crippen molar-refractivity contribution in [3.05, 3.63) is 35.6 Å². The van der Waals surface area contributed by atoms with Gasteiger partial charge in [0.25, 0.3) is 0 Å². The van der Waals surface area contributed by atoms with Gasteiger partial charge in [0.2, 0.25) is 0 Å². The SMILES string of the molecule is Oc1ccccc1C=C1N=CN=N1. The van der Waals surface area contributed by atoms with E-state index in [0.717, 1.165) is 0 Å². The van der Waals surface area contributed by atoms with Crippen LogP contribution in [0.15, 0.2) is 45.3 Å². The molecule has 0 aromatic heterocycles. The average Bonchev–Trinajstić information content (AvgIpc) is 2.61. The standard InChI is InChI=1S/C9H7N3O/c13-8-4-2-1-3-7(8)5-9-10-6-11-12-9/h1-6,13H. The second kappa shape index (κ2) is 3.18. The van der Waals surface area contributed by atoms with Crippen LogP contribution in [-0.4, -0.2) is 11.4 Å². The van der Waals surface area contributed by atoms with Crippen molar-refractivity contribution < 1.29 is 5.11 Å². The lowest BCUT2D eigenvalue weighted by Crippen LogP contribution is -1.74. The maximum absolute atomic E-state index is 9.40. The van der Waals surface area contributed by atoms with Crippen LogP contribution < -0.4 is 0 Å². The van der Waals surface area contributed by atoms with Gasteiger partial charge in [0.15, 0.2) is 5.82 Å². The summed E-state index contributed by atoms with van der Waals surface area (Å²) >= 11 is 0. The normalized spacial score (nSPS) is 17.1. The van der Waals surface area contributed by atoms with E-state index >= 15 is 0 Å². The molecule has 0 amide bonds. The largest absolute Gasteiger partial charge is 0.507 e. The van der Waals surface area contributed by atoms with Crippen molar-refractivity contribution in [1.82, 2.24) is 0 Å². The first-order valence-corrected chi connectivity index (χ1v) is 3.79. The first-order chi connectivity index (χ1) is 6.36. The average molecular weight is 173 g/mol. The molecule has 0 bridgehead atoms. The zero-order valence-electron chi connectivity index (χ0n) is 6.75. The van der Waals surface area contributed by atoms with Gasteiger partial charge in [-0.3, -0.25) is 0 Å². The van der Waals surface area contributed by atoms with Crippen LogP contribution in [0.2, 0.25) is 0 Å². The van der Waals surface area contributed by atoms with Crippen molar-refractivity contribution in [1.29, 1.82) is 0 Å². The number of aromatic hydroxyl groups is 1. The van der Waals surface area contributed by atoms with Crippen LogP contribution >= 0.6 is 0 Å². The zero-order chi connectivity index (χ0) is 9.10. The Morgan fingerprint density at radius 2 is 2.08 bits per heavy atom. The zero-order valence-corrected chi connectivity index (χ0v) is 6.75. The number of nitrogens with zero attached hydrogens (tertiary/aromatic N) is 3. The number of hydrogen-bond acceptors (Lipinski definition) is 4. The number of hydrogen-bond donors (Lipinski definition) is 1. The van der Waals surface area contributed by atoms with Gasteiger partial charge in [-0.25, -0.2) is 4.99 Å². The van der Waals surface area contributed by atoms with Crippen molar-refractivity contribution in [3.8, 4) is 5.75 Å². The number of rotatable bonds is 1. The fraction of sp³-hybridized carbons (Fsp3) is 0. The molecular formula is C9H7N3O. The molecule has 0 fully saturated rings. The van der Waals surface area contributed by atoms with Gasteiger partial charge in [0, 0.05) is 5.56 Å². The van der Waals surface area contributed by atoms with Gasteiger partial charge in [-0.1, -0.05) is 18.2 Å². The summed E-state index contributed by atoms with van der Waals surface area (Å²) in [6, 6.07) is 6.99. The van der Waals surface area contributed by atoms with E-state index in [0.29, 0.717) is 11.4 Å². The quantitative estimate of drug-likeness (QED) is 0.695. The Morgan fingerprint density at radius 3 is 2.77 bits per heavy atom. The first kappa shape index (κ1) is 7.67. The fourth-order valence-electron chi connectivity index (χ4n) is 1.01. The number of phenolic OH excluding ortho intramolecular Hbond substituents is 1. The molecular weight excluding hydrogens is 166 g/mol. The molecule has 1 aliphatic heterocycles. The Bertz CT molecular complexity index is 393. The van der Waals surface area contributed by atoms with Crippen LogP contribution in [0, 0.1) is 0 Å². The monoisotopic (exact) mass is 173 g/mol. The molecule has 4 nitrogen and oxygen atoms in total. The van der Waals surface area contributed by atoms with Gasteiger partial charge in [-0.2, -0.15) is 0 Å². The van der Waals surface area contributed by atoms with Crippen molar-refractivity contribution in [2.75, 3.05) is 0 Å². The van der Waals surface area contributed by atoms with Gasteiger partial charge in [-0.05, 0) is 12.1 Å². The summed E-state index contributed by atoms with van der Waals surface area (Å²) < 4.78 is 0. The molecule has 1 aromatic carbocycles. The first-order valence-electron chi connectivity index (χ1n) is 3.79. The van der Waals surface area contributed by atoms with E-state index in [1.165, 1.54) is 6.34 Å². The summed E-state index contributed by atoms with van der Waals surface area (Å²) in [5, 5.41) is 16.7. The molecule has 13 heavy (non-hydrogen) atoms. The third-order valence-corrected chi connectivity index (χ3v) is 1.62. The Labute approximate surface area is 75.0 Å². The highest BCUT2D eigenvalue weighted by molar-refractivity contribution is 5.65. The summed E-state index contributed by atoms with van der Waals surface area (Å²) in [5.41, 5.74) is 0.690. The molecule has 0 radical (unpaired) electrons. The second-order valence-corrected chi connectivity index (χ2v) is 2.52. The highest BCUT2D eigenvalue weighted by atomic mass is 16.3. The Balaban J connectivity index is 2.37. The van der Waals surface area contributed by atoms with Gasteiger partial charge < -0.3 is 5.11 Å². The minimum Gasteiger partial charge on any atom is -0.507 e. The van der Waals surface area contributed by atoms with Crippen LogP contribution in [0.3, 0.4) is 0 Å². The van der Waals surface area contributed by atoms with Gasteiger partial charge in [-0.15, -0.1) is 10.2 Å². The minimum atomic E-state index is 0.215. The third-order valence-electron chi connectivity index (χ3n) is 1.62. The lowest BCUT2D eigenvalue weighted by Gasteiger charge is -1.96. The van der Waals surface area contributed by atoms with Crippen molar-refractivity contribution in [2.24, 2.45) is 15.2 Å².